The summed E-state index contributed by atoms with van der Waals surface area (Å²) in [6, 6.07) is -0.0161. The van der Waals surface area contributed by atoms with Crippen molar-refractivity contribution in [3.8, 4) is 0 Å². The summed E-state index contributed by atoms with van der Waals surface area (Å²) < 4.78 is 10.7. The molecule has 88 valence electrons. The van der Waals surface area contributed by atoms with Crippen molar-refractivity contribution in [1.82, 2.24) is 15.5 Å². The standard InChI is InChI=1S/C10H15N3O3/c14-6-4-7(11-5-6)10-12-9(13-16-10)8-2-1-3-15-8/h6-8,11,14H,1-5H2/t6-,7-,8?/m0/s1. The number of rotatable bonds is 2. The molecule has 1 unspecified atom stereocenters. The minimum atomic E-state index is -0.317. The zero-order valence-corrected chi connectivity index (χ0v) is 8.93. The normalized spacial score (nSPS) is 34.7. The van der Waals surface area contributed by atoms with Crippen molar-refractivity contribution in [3.63, 3.8) is 0 Å². The van der Waals surface area contributed by atoms with Crippen molar-refractivity contribution in [2.75, 3.05) is 13.2 Å². The Morgan fingerprint density at radius 2 is 2.38 bits per heavy atom. The fourth-order valence-electron chi connectivity index (χ4n) is 2.21. The molecule has 3 atom stereocenters. The molecule has 1 aromatic rings. The van der Waals surface area contributed by atoms with Crippen molar-refractivity contribution < 1.29 is 14.4 Å². The maximum atomic E-state index is 9.40. The quantitative estimate of drug-likeness (QED) is 0.754. The summed E-state index contributed by atoms with van der Waals surface area (Å²) in [6.07, 6.45) is 2.31. The van der Waals surface area contributed by atoms with Gasteiger partial charge in [0, 0.05) is 13.2 Å². The smallest absolute Gasteiger partial charge is 0.243 e. The average molecular weight is 225 g/mol. The van der Waals surface area contributed by atoms with Crippen LogP contribution >= 0.6 is 0 Å². The van der Waals surface area contributed by atoms with Gasteiger partial charge >= 0.3 is 0 Å². The maximum Gasteiger partial charge on any atom is 0.243 e. The summed E-state index contributed by atoms with van der Waals surface area (Å²) >= 11 is 0. The highest BCUT2D eigenvalue weighted by atomic mass is 16.5. The number of aliphatic hydroxyl groups excluding tert-OH is 1. The molecular formula is C10H15N3O3. The van der Waals surface area contributed by atoms with Crippen LogP contribution in [0.5, 0.6) is 0 Å². The van der Waals surface area contributed by atoms with Crippen LogP contribution in [0.3, 0.4) is 0 Å². The van der Waals surface area contributed by atoms with Crippen LogP contribution < -0.4 is 5.32 Å². The van der Waals surface area contributed by atoms with E-state index in [0.717, 1.165) is 19.4 Å². The molecular weight excluding hydrogens is 210 g/mol. The lowest BCUT2D eigenvalue weighted by Crippen LogP contribution is -2.15. The Kier molecular flexibility index (Phi) is 2.62. The lowest BCUT2D eigenvalue weighted by atomic mass is 10.2. The first-order valence-electron chi connectivity index (χ1n) is 5.69. The molecule has 0 bridgehead atoms. The summed E-state index contributed by atoms with van der Waals surface area (Å²) in [5.74, 6) is 1.19. The summed E-state index contributed by atoms with van der Waals surface area (Å²) in [6.45, 7) is 1.36. The molecule has 16 heavy (non-hydrogen) atoms. The number of aliphatic hydroxyl groups is 1. The summed E-state index contributed by atoms with van der Waals surface area (Å²) in [4.78, 5) is 4.33. The van der Waals surface area contributed by atoms with Gasteiger partial charge in [-0.25, -0.2) is 0 Å². The Labute approximate surface area is 93.0 Å². The van der Waals surface area contributed by atoms with Crippen molar-refractivity contribution in [3.05, 3.63) is 11.7 Å². The van der Waals surface area contributed by atoms with E-state index < -0.39 is 0 Å². The fraction of sp³-hybridized carbons (Fsp3) is 0.800. The number of nitrogens with one attached hydrogen (secondary N) is 1. The van der Waals surface area contributed by atoms with Crippen LogP contribution in [-0.2, 0) is 4.74 Å². The first-order valence-corrected chi connectivity index (χ1v) is 5.69. The highest BCUT2D eigenvalue weighted by Crippen LogP contribution is 2.28. The van der Waals surface area contributed by atoms with E-state index in [1.807, 2.05) is 0 Å². The van der Waals surface area contributed by atoms with Gasteiger partial charge in [0.2, 0.25) is 11.7 Å². The summed E-state index contributed by atoms with van der Waals surface area (Å²) in [7, 11) is 0. The van der Waals surface area contributed by atoms with Gasteiger partial charge in [-0.1, -0.05) is 5.16 Å². The molecule has 2 saturated heterocycles. The van der Waals surface area contributed by atoms with Crippen LogP contribution in [0.25, 0.3) is 0 Å². The first kappa shape index (κ1) is 10.2. The minimum absolute atomic E-state index is 0.0103. The van der Waals surface area contributed by atoms with E-state index in [1.165, 1.54) is 0 Å². The molecule has 2 aliphatic rings. The van der Waals surface area contributed by atoms with Crippen molar-refractivity contribution >= 4 is 0 Å². The monoisotopic (exact) mass is 225 g/mol. The molecule has 3 heterocycles. The van der Waals surface area contributed by atoms with E-state index in [0.29, 0.717) is 24.7 Å². The van der Waals surface area contributed by atoms with E-state index in [1.54, 1.807) is 0 Å². The van der Waals surface area contributed by atoms with Crippen LogP contribution in [0.2, 0.25) is 0 Å². The van der Waals surface area contributed by atoms with Crippen molar-refractivity contribution in [1.29, 1.82) is 0 Å². The third-order valence-corrected chi connectivity index (χ3v) is 3.08. The van der Waals surface area contributed by atoms with Gasteiger partial charge in [0.25, 0.3) is 0 Å². The fourth-order valence-corrected chi connectivity index (χ4v) is 2.21. The van der Waals surface area contributed by atoms with Gasteiger partial charge in [-0.15, -0.1) is 0 Å². The molecule has 0 aromatic carbocycles. The Bertz CT molecular complexity index is 362. The molecule has 3 rings (SSSR count). The van der Waals surface area contributed by atoms with Crippen molar-refractivity contribution in [2.24, 2.45) is 0 Å². The van der Waals surface area contributed by atoms with Gasteiger partial charge in [-0.2, -0.15) is 4.98 Å². The Morgan fingerprint density at radius 3 is 3.06 bits per heavy atom. The molecule has 6 nitrogen and oxygen atoms in total. The summed E-state index contributed by atoms with van der Waals surface area (Å²) in [5.41, 5.74) is 0. The predicted molar refractivity (Wildman–Crippen MR) is 53.6 cm³/mol. The zero-order chi connectivity index (χ0) is 11.0. The van der Waals surface area contributed by atoms with Crippen LogP contribution in [0.1, 0.15) is 43.1 Å². The van der Waals surface area contributed by atoms with Crippen LogP contribution in [0, 0.1) is 0 Å². The van der Waals surface area contributed by atoms with Gasteiger partial charge in [0.15, 0.2) is 0 Å². The van der Waals surface area contributed by atoms with Gasteiger partial charge in [0.05, 0.1) is 12.1 Å². The minimum Gasteiger partial charge on any atom is -0.392 e. The lowest BCUT2D eigenvalue weighted by molar-refractivity contribution is 0.103. The van der Waals surface area contributed by atoms with E-state index >= 15 is 0 Å². The third-order valence-electron chi connectivity index (χ3n) is 3.08. The Balaban J connectivity index is 1.72. The van der Waals surface area contributed by atoms with Crippen molar-refractivity contribution in [2.45, 2.75) is 37.5 Å². The molecule has 1 aromatic heterocycles. The molecule has 0 saturated carbocycles. The van der Waals surface area contributed by atoms with Crippen LogP contribution in [0.4, 0.5) is 0 Å². The first-order chi connectivity index (χ1) is 7.83. The van der Waals surface area contributed by atoms with E-state index in [9.17, 15) is 5.11 Å². The second-order valence-corrected chi connectivity index (χ2v) is 4.34. The van der Waals surface area contributed by atoms with E-state index in [2.05, 4.69) is 15.5 Å². The highest BCUT2D eigenvalue weighted by molar-refractivity contribution is 5.00. The number of aromatic nitrogens is 2. The maximum absolute atomic E-state index is 9.40. The molecule has 0 aliphatic carbocycles. The second-order valence-electron chi connectivity index (χ2n) is 4.34. The zero-order valence-electron chi connectivity index (χ0n) is 8.93. The highest BCUT2D eigenvalue weighted by Gasteiger charge is 2.30. The van der Waals surface area contributed by atoms with Gasteiger partial charge in [-0.3, -0.25) is 0 Å². The third kappa shape index (κ3) is 1.83. The van der Waals surface area contributed by atoms with Gasteiger partial charge in [-0.05, 0) is 19.3 Å². The number of nitrogens with zero attached hydrogens (tertiary/aromatic N) is 2. The number of ether oxygens (including phenoxy) is 1. The Morgan fingerprint density at radius 1 is 1.44 bits per heavy atom. The topological polar surface area (TPSA) is 80.4 Å². The van der Waals surface area contributed by atoms with Crippen LogP contribution in [-0.4, -0.2) is 34.5 Å². The molecule has 0 amide bonds. The van der Waals surface area contributed by atoms with E-state index in [-0.39, 0.29) is 18.2 Å². The number of hydrogen-bond donors (Lipinski definition) is 2. The predicted octanol–water partition coefficient (Wildman–Crippen LogP) is 0.316. The number of hydrogen-bond acceptors (Lipinski definition) is 6. The SMILES string of the molecule is O[C@@H]1CN[C@H](c2nc(C3CCCO3)no2)C1. The summed E-state index contributed by atoms with van der Waals surface area (Å²) in [5, 5.41) is 16.5. The lowest BCUT2D eigenvalue weighted by Gasteiger charge is -2.03. The van der Waals surface area contributed by atoms with Gasteiger partial charge in [0.1, 0.15) is 6.10 Å². The molecule has 6 heteroatoms. The van der Waals surface area contributed by atoms with Crippen LogP contribution in [0.15, 0.2) is 4.52 Å². The molecule has 2 fully saturated rings. The average Bonchev–Trinajstić information content (AvgIpc) is 2.97. The molecule has 2 aliphatic heterocycles. The Hall–Kier alpha value is -0.980. The largest absolute Gasteiger partial charge is 0.392 e. The number of β-amino-alcohol motifs (C(OH)–C–C–N with tert-alkyl or cyclic N) is 1. The second kappa shape index (κ2) is 4.12. The van der Waals surface area contributed by atoms with E-state index in [4.69, 9.17) is 9.26 Å². The van der Waals surface area contributed by atoms with Gasteiger partial charge < -0.3 is 19.7 Å². The molecule has 0 spiro atoms. The molecule has 2 N–H and O–H groups in total. The molecule has 0 radical (unpaired) electrons.